The van der Waals surface area contributed by atoms with Gasteiger partial charge < -0.3 is 0 Å². The minimum atomic E-state index is -0.407. The van der Waals surface area contributed by atoms with Crippen LogP contribution in [0.1, 0.15) is 32.1 Å². The van der Waals surface area contributed by atoms with E-state index in [2.05, 4.69) is 5.32 Å². The lowest BCUT2D eigenvalue weighted by molar-refractivity contribution is -0.122. The molecule has 2 fully saturated rings. The van der Waals surface area contributed by atoms with Crippen LogP contribution in [0.5, 0.6) is 0 Å². The molecule has 1 aromatic rings. The average molecular weight is 349 g/mol. The zero-order valence-corrected chi connectivity index (χ0v) is 14.1. The quantitative estimate of drug-likeness (QED) is 0.504. The highest BCUT2D eigenvalue weighted by Crippen LogP contribution is 2.28. The zero-order valence-electron chi connectivity index (χ0n) is 12.5. The van der Waals surface area contributed by atoms with Crippen molar-refractivity contribution in [3.05, 3.63) is 40.9 Å². The SMILES string of the molecule is O=C1NC(=S)N(c2ccc(Cl)cc2)C(=O)/C1=C\C1CCCCC1. The first kappa shape index (κ1) is 16.1. The summed E-state index contributed by atoms with van der Waals surface area (Å²) in [5.74, 6) is -0.491. The Labute approximate surface area is 145 Å². The van der Waals surface area contributed by atoms with E-state index in [4.69, 9.17) is 23.8 Å². The molecule has 4 nitrogen and oxygen atoms in total. The molecule has 0 bridgehead atoms. The van der Waals surface area contributed by atoms with Crippen LogP contribution in [0.15, 0.2) is 35.9 Å². The summed E-state index contributed by atoms with van der Waals surface area (Å²) in [6.07, 6.45) is 7.38. The summed E-state index contributed by atoms with van der Waals surface area (Å²) < 4.78 is 0. The van der Waals surface area contributed by atoms with Crippen LogP contribution in [0.4, 0.5) is 5.69 Å². The Morgan fingerprint density at radius 2 is 1.78 bits per heavy atom. The molecule has 0 unspecified atom stereocenters. The first-order valence-electron chi connectivity index (χ1n) is 7.73. The van der Waals surface area contributed by atoms with E-state index < -0.39 is 5.91 Å². The predicted molar refractivity (Wildman–Crippen MR) is 94.3 cm³/mol. The second-order valence-electron chi connectivity index (χ2n) is 5.85. The number of carbonyl (C=O) groups excluding carboxylic acids is 2. The van der Waals surface area contributed by atoms with Gasteiger partial charge in [0.05, 0.1) is 5.69 Å². The average Bonchev–Trinajstić information content (AvgIpc) is 2.54. The number of benzene rings is 1. The van der Waals surface area contributed by atoms with Gasteiger partial charge in [0.1, 0.15) is 5.57 Å². The Balaban J connectivity index is 1.90. The van der Waals surface area contributed by atoms with E-state index in [0.29, 0.717) is 10.7 Å². The van der Waals surface area contributed by atoms with Gasteiger partial charge in [-0.2, -0.15) is 0 Å². The molecule has 3 rings (SSSR count). The largest absolute Gasteiger partial charge is 0.298 e. The Morgan fingerprint density at radius 1 is 1.13 bits per heavy atom. The first-order valence-corrected chi connectivity index (χ1v) is 8.52. The van der Waals surface area contributed by atoms with E-state index in [9.17, 15) is 9.59 Å². The van der Waals surface area contributed by atoms with E-state index in [1.165, 1.54) is 11.3 Å². The molecular weight excluding hydrogens is 332 g/mol. The highest BCUT2D eigenvalue weighted by Gasteiger charge is 2.35. The van der Waals surface area contributed by atoms with Gasteiger partial charge in [0.25, 0.3) is 11.8 Å². The molecule has 2 amide bonds. The number of carbonyl (C=O) groups is 2. The number of halogens is 1. The van der Waals surface area contributed by atoms with Crippen LogP contribution in [0.25, 0.3) is 0 Å². The molecule has 0 spiro atoms. The molecule has 0 radical (unpaired) electrons. The van der Waals surface area contributed by atoms with Gasteiger partial charge >= 0.3 is 0 Å². The number of anilines is 1. The Bertz CT molecular complexity index is 678. The van der Waals surface area contributed by atoms with Gasteiger partial charge in [0.15, 0.2) is 5.11 Å². The maximum Gasteiger partial charge on any atom is 0.269 e. The van der Waals surface area contributed by atoms with Crippen LogP contribution in [-0.2, 0) is 9.59 Å². The molecule has 1 aliphatic carbocycles. The number of nitrogens with one attached hydrogen (secondary N) is 1. The van der Waals surface area contributed by atoms with Crippen molar-refractivity contribution < 1.29 is 9.59 Å². The number of allylic oxidation sites excluding steroid dienone is 1. The molecule has 2 aliphatic rings. The molecule has 1 saturated carbocycles. The first-order chi connectivity index (χ1) is 11.1. The van der Waals surface area contributed by atoms with Crippen molar-refractivity contribution in [2.24, 2.45) is 5.92 Å². The lowest BCUT2D eigenvalue weighted by atomic mass is 9.87. The van der Waals surface area contributed by atoms with Crippen molar-refractivity contribution in [3.63, 3.8) is 0 Å². The van der Waals surface area contributed by atoms with Crippen molar-refractivity contribution in [1.82, 2.24) is 5.32 Å². The lowest BCUT2D eigenvalue weighted by Gasteiger charge is -2.30. The van der Waals surface area contributed by atoms with Crippen molar-refractivity contribution in [3.8, 4) is 0 Å². The smallest absolute Gasteiger partial charge is 0.269 e. The number of nitrogens with zero attached hydrogens (tertiary/aromatic N) is 1. The van der Waals surface area contributed by atoms with Crippen LogP contribution >= 0.6 is 23.8 Å². The molecule has 1 aliphatic heterocycles. The highest BCUT2D eigenvalue weighted by atomic mass is 35.5. The van der Waals surface area contributed by atoms with E-state index in [-0.39, 0.29) is 22.5 Å². The van der Waals surface area contributed by atoms with Crippen LogP contribution in [0.2, 0.25) is 5.02 Å². The fraction of sp³-hybridized carbons (Fsp3) is 0.353. The second-order valence-corrected chi connectivity index (χ2v) is 6.68. The van der Waals surface area contributed by atoms with Crippen LogP contribution in [0, 0.1) is 5.92 Å². The maximum absolute atomic E-state index is 12.8. The van der Waals surface area contributed by atoms with Gasteiger partial charge in [0, 0.05) is 5.02 Å². The third-order valence-corrected chi connectivity index (χ3v) is 4.78. The third kappa shape index (κ3) is 3.46. The van der Waals surface area contributed by atoms with Crippen LogP contribution < -0.4 is 10.2 Å². The molecule has 6 heteroatoms. The Hall–Kier alpha value is -1.72. The number of hydrogen-bond acceptors (Lipinski definition) is 3. The summed E-state index contributed by atoms with van der Waals surface area (Å²) in [7, 11) is 0. The Kier molecular flexibility index (Phi) is 4.78. The van der Waals surface area contributed by atoms with Gasteiger partial charge in [-0.1, -0.05) is 36.9 Å². The highest BCUT2D eigenvalue weighted by molar-refractivity contribution is 7.80. The van der Waals surface area contributed by atoms with Gasteiger partial charge in [0.2, 0.25) is 0 Å². The number of rotatable bonds is 2. The molecule has 0 aromatic heterocycles. The number of thiocarbonyl (C=S) groups is 1. The molecule has 0 atom stereocenters. The summed E-state index contributed by atoms with van der Waals surface area (Å²) >= 11 is 11.1. The van der Waals surface area contributed by atoms with Crippen molar-refractivity contribution >= 4 is 46.4 Å². The van der Waals surface area contributed by atoms with E-state index in [1.807, 2.05) is 6.08 Å². The summed E-state index contributed by atoms with van der Waals surface area (Å²) in [5, 5.41) is 3.28. The predicted octanol–water partition coefficient (Wildman–Crippen LogP) is 3.59. The fourth-order valence-electron chi connectivity index (χ4n) is 3.04. The summed E-state index contributed by atoms with van der Waals surface area (Å²) in [5.41, 5.74) is 0.777. The standard InChI is InChI=1S/C17H17ClN2O2S/c18-12-6-8-13(9-7-12)20-16(22)14(15(21)19-17(20)23)10-11-4-2-1-3-5-11/h6-11H,1-5H2,(H,19,21,23)/b14-10-. The van der Waals surface area contributed by atoms with Crippen molar-refractivity contribution in [2.45, 2.75) is 32.1 Å². The molecule has 1 N–H and O–H groups in total. The van der Waals surface area contributed by atoms with Gasteiger partial charge in [-0.15, -0.1) is 0 Å². The minimum absolute atomic E-state index is 0.100. The zero-order chi connectivity index (χ0) is 16.4. The fourth-order valence-corrected chi connectivity index (χ4v) is 3.45. The van der Waals surface area contributed by atoms with E-state index >= 15 is 0 Å². The summed E-state index contributed by atoms with van der Waals surface area (Å²) in [6.45, 7) is 0. The maximum atomic E-state index is 12.8. The number of amides is 2. The molecule has 120 valence electrons. The normalized spacial score (nSPS) is 21.7. The summed E-state index contributed by atoms with van der Waals surface area (Å²) in [4.78, 5) is 26.3. The van der Waals surface area contributed by atoms with E-state index in [0.717, 1.165) is 25.7 Å². The molecule has 23 heavy (non-hydrogen) atoms. The summed E-state index contributed by atoms with van der Waals surface area (Å²) in [6, 6.07) is 6.80. The van der Waals surface area contributed by atoms with Gasteiger partial charge in [-0.05, 0) is 55.2 Å². The minimum Gasteiger partial charge on any atom is -0.298 e. The lowest BCUT2D eigenvalue weighted by Crippen LogP contribution is -2.54. The van der Waals surface area contributed by atoms with Crippen LogP contribution in [0.3, 0.4) is 0 Å². The molecule has 1 heterocycles. The molecular formula is C17H17ClN2O2S. The Morgan fingerprint density at radius 3 is 2.43 bits per heavy atom. The third-order valence-electron chi connectivity index (χ3n) is 4.24. The van der Waals surface area contributed by atoms with Crippen molar-refractivity contribution in [2.75, 3.05) is 4.90 Å². The topological polar surface area (TPSA) is 49.4 Å². The van der Waals surface area contributed by atoms with Crippen molar-refractivity contribution in [1.29, 1.82) is 0 Å². The van der Waals surface area contributed by atoms with E-state index in [1.54, 1.807) is 24.3 Å². The second kappa shape index (κ2) is 6.81. The van der Waals surface area contributed by atoms with Gasteiger partial charge in [-0.25, -0.2) is 0 Å². The molecule has 1 aromatic carbocycles. The van der Waals surface area contributed by atoms with Crippen LogP contribution in [-0.4, -0.2) is 16.9 Å². The van der Waals surface area contributed by atoms with Gasteiger partial charge in [-0.3, -0.25) is 19.8 Å². The molecule has 1 saturated heterocycles. The number of hydrogen-bond donors (Lipinski definition) is 1. The monoisotopic (exact) mass is 348 g/mol.